The van der Waals surface area contributed by atoms with E-state index in [0.29, 0.717) is 19.6 Å². The third-order valence-corrected chi connectivity index (χ3v) is 4.08. The summed E-state index contributed by atoms with van der Waals surface area (Å²) < 4.78 is 17.2. The lowest BCUT2D eigenvalue weighted by atomic mass is 9.94. The summed E-state index contributed by atoms with van der Waals surface area (Å²) in [6.07, 6.45) is 1.32. The predicted octanol–water partition coefficient (Wildman–Crippen LogP) is 3.02. The Balaban J connectivity index is 1.88. The van der Waals surface area contributed by atoms with Crippen molar-refractivity contribution in [3.8, 4) is 5.75 Å². The van der Waals surface area contributed by atoms with Crippen molar-refractivity contribution in [2.45, 2.75) is 39.3 Å². The van der Waals surface area contributed by atoms with Gasteiger partial charge >= 0.3 is 0 Å². The van der Waals surface area contributed by atoms with Crippen LogP contribution in [0.3, 0.4) is 0 Å². The monoisotopic (exact) mass is 308 g/mol. The fraction of sp³-hybridized carbons (Fsp3) is 0.562. The zero-order chi connectivity index (χ0) is 15.5. The van der Waals surface area contributed by atoms with Crippen LogP contribution in [-0.2, 0) is 20.7 Å². The van der Waals surface area contributed by atoms with Crippen LogP contribution in [0.1, 0.15) is 12.5 Å². The minimum Gasteiger partial charge on any atom is -0.544 e. The molecule has 1 aliphatic rings. The highest BCUT2D eigenvalue weighted by Gasteiger charge is 2.32. The lowest BCUT2D eigenvalue weighted by Gasteiger charge is -2.33. The first-order valence-electron chi connectivity index (χ1n) is 7.27. The number of ether oxygens (including phenoxy) is 2. The van der Waals surface area contributed by atoms with E-state index < -0.39 is 13.7 Å². The second-order valence-corrected chi connectivity index (χ2v) is 11.3. The largest absolute Gasteiger partial charge is 0.544 e. The van der Waals surface area contributed by atoms with Gasteiger partial charge in [-0.2, -0.15) is 0 Å². The van der Waals surface area contributed by atoms with E-state index in [9.17, 15) is 4.79 Å². The van der Waals surface area contributed by atoms with E-state index in [4.69, 9.17) is 13.9 Å². The smallest absolute Gasteiger partial charge is 0.242 e. The van der Waals surface area contributed by atoms with Crippen LogP contribution in [0.5, 0.6) is 5.75 Å². The van der Waals surface area contributed by atoms with Crippen molar-refractivity contribution in [3.05, 3.63) is 29.8 Å². The third-order valence-electron chi connectivity index (χ3n) is 3.23. The summed E-state index contributed by atoms with van der Waals surface area (Å²) in [7, 11) is -1.56. The van der Waals surface area contributed by atoms with E-state index in [2.05, 4.69) is 19.6 Å². The van der Waals surface area contributed by atoms with Gasteiger partial charge in [0.1, 0.15) is 12.0 Å². The van der Waals surface area contributed by atoms with Crippen molar-refractivity contribution in [2.75, 3.05) is 13.2 Å². The second-order valence-electron chi connectivity index (χ2n) is 6.89. The molecule has 0 saturated carbocycles. The van der Waals surface area contributed by atoms with E-state index in [1.807, 2.05) is 31.2 Å². The van der Waals surface area contributed by atoms with Crippen molar-refractivity contribution < 1.29 is 18.7 Å². The molecule has 0 unspecified atom stereocenters. The van der Waals surface area contributed by atoms with Crippen molar-refractivity contribution in [1.82, 2.24) is 0 Å². The Kier molecular flexibility index (Phi) is 4.86. The topological polar surface area (TPSA) is 44.8 Å². The fourth-order valence-corrected chi connectivity index (χ4v) is 2.93. The van der Waals surface area contributed by atoms with Gasteiger partial charge in [0.15, 0.2) is 6.29 Å². The summed E-state index contributed by atoms with van der Waals surface area (Å²) in [4.78, 5) is 10.9. The molecule has 1 aliphatic heterocycles. The molecule has 0 amide bonds. The Morgan fingerprint density at radius 3 is 2.29 bits per heavy atom. The maximum Gasteiger partial charge on any atom is 0.242 e. The standard InChI is InChI=1S/C16H24O4Si/c1-16(10-17)11-18-15(19-12-16)9-13-5-7-14(8-6-13)20-21(2,3)4/h5-8,10,15H,9,11-12H2,1-4H3. The molecule has 0 aliphatic carbocycles. The minimum absolute atomic E-state index is 0.276. The van der Waals surface area contributed by atoms with Gasteiger partial charge in [0, 0.05) is 6.42 Å². The first-order chi connectivity index (χ1) is 9.80. The molecule has 0 atom stereocenters. The molecule has 2 rings (SSSR count). The lowest BCUT2D eigenvalue weighted by molar-refractivity contribution is -0.218. The van der Waals surface area contributed by atoms with E-state index >= 15 is 0 Å². The molecule has 0 spiro atoms. The molecule has 1 aromatic carbocycles. The molecule has 1 fully saturated rings. The first-order valence-corrected chi connectivity index (χ1v) is 10.7. The molecule has 5 heteroatoms. The van der Waals surface area contributed by atoms with Crippen LogP contribution in [0, 0.1) is 5.41 Å². The first kappa shape index (κ1) is 16.2. The second kappa shape index (κ2) is 6.30. The van der Waals surface area contributed by atoms with E-state index in [1.54, 1.807) is 0 Å². The maximum atomic E-state index is 10.9. The zero-order valence-corrected chi connectivity index (χ0v) is 14.2. The van der Waals surface area contributed by atoms with Gasteiger partial charge < -0.3 is 18.7 Å². The summed E-state index contributed by atoms with van der Waals surface area (Å²) in [6.45, 7) is 9.16. The van der Waals surface area contributed by atoms with Crippen LogP contribution in [0.15, 0.2) is 24.3 Å². The molecular weight excluding hydrogens is 284 g/mol. The van der Waals surface area contributed by atoms with Crippen LogP contribution in [0.4, 0.5) is 0 Å². The predicted molar refractivity (Wildman–Crippen MR) is 84.0 cm³/mol. The average molecular weight is 308 g/mol. The van der Waals surface area contributed by atoms with Crippen LogP contribution < -0.4 is 4.43 Å². The molecule has 0 radical (unpaired) electrons. The number of rotatable bonds is 5. The Labute approximate surface area is 127 Å². The Morgan fingerprint density at radius 1 is 1.24 bits per heavy atom. The van der Waals surface area contributed by atoms with Gasteiger partial charge in [-0.15, -0.1) is 0 Å². The molecule has 116 valence electrons. The number of carbonyl (C=O) groups excluding carboxylic acids is 1. The SMILES string of the molecule is CC1(C=O)COC(Cc2ccc(O[Si](C)(C)C)cc2)OC1. The molecule has 0 aromatic heterocycles. The Hall–Kier alpha value is -1.17. The van der Waals surface area contributed by atoms with E-state index in [1.165, 1.54) is 0 Å². The van der Waals surface area contributed by atoms with Gasteiger partial charge in [-0.3, -0.25) is 0 Å². The van der Waals surface area contributed by atoms with Crippen LogP contribution in [-0.4, -0.2) is 34.1 Å². The highest BCUT2D eigenvalue weighted by Crippen LogP contribution is 2.24. The molecule has 1 aromatic rings. The average Bonchev–Trinajstić information content (AvgIpc) is 2.42. The molecule has 21 heavy (non-hydrogen) atoms. The van der Waals surface area contributed by atoms with Crippen LogP contribution >= 0.6 is 0 Å². The minimum atomic E-state index is -1.56. The summed E-state index contributed by atoms with van der Waals surface area (Å²) in [5, 5.41) is 0. The molecule has 1 saturated heterocycles. The Bertz CT molecular complexity index is 470. The van der Waals surface area contributed by atoms with Crippen molar-refractivity contribution in [1.29, 1.82) is 0 Å². The summed E-state index contributed by atoms with van der Waals surface area (Å²) in [6, 6.07) is 8.06. The number of hydrogen-bond acceptors (Lipinski definition) is 4. The molecule has 0 N–H and O–H groups in total. The fourth-order valence-electron chi connectivity index (χ4n) is 2.08. The molecular formula is C16H24O4Si. The normalized spacial score (nSPS) is 26.4. The number of hydrogen-bond donors (Lipinski definition) is 0. The zero-order valence-electron chi connectivity index (χ0n) is 13.2. The van der Waals surface area contributed by atoms with Gasteiger partial charge in [0.05, 0.1) is 18.6 Å². The van der Waals surface area contributed by atoms with E-state index in [-0.39, 0.29) is 6.29 Å². The third kappa shape index (κ3) is 4.95. The summed E-state index contributed by atoms with van der Waals surface area (Å²) in [5.74, 6) is 0.914. The van der Waals surface area contributed by atoms with Crippen molar-refractivity contribution in [2.24, 2.45) is 5.41 Å². The van der Waals surface area contributed by atoms with Gasteiger partial charge in [0.2, 0.25) is 8.32 Å². The quantitative estimate of drug-likeness (QED) is 0.619. The Morgan fingerprint density at radius 2 is 1.81 bits per heavy atom. The number of benzene rings is 1. The van der Waals surface area contributed by atoms with Crippen molar-refractivity contribution in [3.63, 3.8) is 0 Å². The van der Waals surface area contributed by atoms with Gasteiger partial charge in [-0.1, -0.05) is 12.1 Å². The molecule has 0 bridgehead atoms. The molecule has 4 nitrogen and oxygen atoms in total. The van der Waals surface area contributed by atoms with Gasteiger partial charge in [0.25, 0.3) is 0 Å². The molecule has 1 heterocycles. The number of carbonyl (C=O) groups is 1. The lowest BCUT2D eigenvalue weighted by Crippen LogP contribution is -2.41. The van der Waals surface area contributed by atoms with Gasteiger partial charge in [-0.25, -0.2) is 0 Å². The van der Waals surface area contributed by atoms with Crippen molar-refractivity contribution >= 4 is 14.6 Å². The van der Waals surface area contributed by atoms with Crippen LogP contribution in [0.25, 0.3) is 0 Å². The van der Waals surface area contributed by atoms with Gasteiger partial charge in [-0.05, 0) is 44.3 Å². The highest BCUT2D eigenvalue weighted by atomic mass is 28.4. The van der Waals surface area contributed by atoms with Crippen LogP contribution in [0.2, 0.25) is 19.6 Å². The van der Waals surface area contributed by atoms with E-state index in [0.717, 1.165) is 17.6 Å². The maximum absolute atomic E-state index is 10.9. The highest BCUT2D eigenvalue weighted by molar-refractivity contribution is 6.70. The summed E-state index contributed by atoms with van der Waals surface area (Å²) >= 11 is 0. The number of aldehydes is 1. The summed E-state index contributed by atoms with van der Waals surface area (Å²) in [5.41, 5.74) is 0.628.